The molecule has 1 aliphatic heterocycles. The predicted molar refractivity (Wildman–Crippen MR) is 71.0 cm³/mol. The van der Waals surface area contributed by atoms with Gasteiger partial charge in [0.25, 0.3) is 0 Å². The van der Waals surface area contributed by atoms with E-state index in [1.807, 2.05) is 11.8 Å². The van der Waals surface area contributed by atoms with Gasteiger partial charge >= 0.3 is 12.0 Å². The monoisotopic (exact) mass is 269 g/mol. The maximum atomic E-state index is 12.6. The fraction of sp³-hybridized carbons (Fsp3) is 0.846. The Bertz CT molecular complexity index is 338. The fourth-order valence-corrected chi connectivity index (χ4v) is 2.72. The average molecular weight is 269 g/mol. The van der Waals surface area contributed by atoms with Crippen LogP contribution in [0.5, 0.6) is 0 Å². The van der Waals surface area contributed by atoms with Crippen molar-refractivity contribution >= 4 is 12.0 Å². The van der Waals surface area contributed by atoms with E-state index in [0.29, 0.717) is 6.54 Å². The zero-order chi connectivity index (χ0) is 13.8. The van der Waals surface area contributed by atoms with Crippen LogP contribution in [0.2, 0.25) is 0 Å². The number of rotatable bonds is 5. The summed E-state index contributed by atoms with van der Waals surface area (Å²) in [5, 5.41) is 12.2. The van der Waals surface area contributed by atoms with Gasteiger partial charge in [0.05, 0.1) is 0 Å². The molecule has 2 amide bonds. The van der Waals surface area contributed by atoms with E-state index in [0.717, 1.165) is 38.8 Å². The van der Waals surface area contributed by atoms with E-state index in [1.54, 1.807) is 0 Å². The van der Waals surface area contributed by atoms with E-state index >= 15 is 0 Å². The second-order valence-corrected chi connectivity index (χ2v) is 5.30. The summed E-state index contributed by atoms with van der Waals surface area (Å²) in [5.41, 5.74) is 0. The first-order valence-corrected chi connectivity index (χ1v) is 7.13. The molecule has 1 heterocycles. The highest BCUT2D eigenvalue weighted by Crippen LogP contribution is 2.28. The molecule has 0 aromatic carbocycles. The largest absolute Gasteiger partial charge is 0.480 e. The summed E-state index contributed by atoms with van der Waals surface area (Å²) in [7, 11) is 0. The van der Waals surface area contributed by atoms with Crippen molar-refractivity contribution in [2.24, 2.45) is 0 Å². The van der Waals surface area contributed by atoms with Gasteiger partial charge in [-0.15, -0.1) is 0 Å². The van der Waals surface area contributed by atoms with E-state index in [4.69, 9.17) is 5.11 Å². The second kappa shape index (κ2) is 6.23. The van der Waals surface area contributed by atoms with E-state index < -0.39 is 5.97 Å². The van der Waals surface area contributed by atoms with Gasteiger partial charge in [0.2, 0.25) is 0 Å². The smallest absolute Gasteiger partial charge is 0.323 e. The van der Waals surface area contributed by atoms with Gasteiger partial charge in [-0.1, -0.05) is 0 Å². The number of carbonyl (C=O) groups excluding carboxylic acids is 1. The molecule has 2 N–H and O–H groups in total. The minimum atomic E-state index is -0.929. The van der Waals surface area contributed by atoms with Crippen LogP contribution in [0.25, 0.3) is 0 Å². The molecular formula is C13H23N3O3. The summed E-state index contributed by atoms with van der Waals surface area (Å²) in [5.74, 6) is -0.929. The third kappa shape index (κ3) is 3.59. The number of carboxylic acids is 1. The molecule has 2 fully saturated rings. The molecule has 6 nitrogen and oxygen atoms in total. The van der Waals surface area contributed by atoms with Crippen LogP contribution in [0, 0.1) is 0 Å². The maximum absolute atomic E-state index is 12.6. The molecule has 2 aliphatic rings. The van der Waals surface area contributed by atoms with Crippen molar-refractivity contribution in [3.63, 3.8) is 0 Å². The first-order chi connectivity index (χ1) is 9.13. The van der Waals surface area contributed by atoms with Gasteiger partial charge in [-0.2, -0.15) is 0 Å². The first-order valence-electron chi connectivity index (χ1n) is 7.13. The SMILES string of the molecule is CCN(C(=O)N(CC(=O)O)C1CC1)C1CCNCC1. The van der Waals surface area contributed by atoms with E-state index in [-0.39, 0.29) is 24.7 Å². The van der Waals surface area contributed by atoms with Gasteiger partial charge in [-0.3, -0.25) is 4.79 Å². The fourth-order valence-electron chi connectivity index (χ4n) is 2.72. The standard InChI is InChI=1S/C13H23N3O3/c1-2-15(11-5-7-14-8-6-11)13(19)16(9-12(17)18)10-3-4-10/h10-11,14H,2-9H2,1H3,(H,17,18). The summed E-state index contributed by atoms with van der Waals surface area (Å²) in [6, 6.07) is 0.285. The molecule has 0 aromatic heterocycles. The third-order valence-corrected chi connectivity index (χ3v) is 3.87. The number of nitrogens with zero attached hydrogens (tertiary/aromatic N) is 2. The Morgan fingerprint density at radius 1 is 1.11 bits per heavy atom. The third-order valence-electron chi connectivity index (χ3n) is 3.87. The molecule has 0 aromatic rings. The molecule has 0 atom stereocenters. The lowest BCUT2D eigenvalue weighted by molar-refractivity contribution is -0.137. The summed E-state index contributed by atoms with van der Waals surface area (Å²) in [6.45, 7) is 4.29. The molecule has 0 unspecified atom stereocenters. The topological polar surface area (TPSA) is 72.9 Å². The highest BCUT2D eigenvalue weighted by molar-refractivity contribution is 5.81. The summed E-state index contributed by atoms with van der Waals surface area (Å²) in [6.07, 6.45) is 3.77. The normalized spacial score (nSPS) is 20.1. The summed E-state index contributed by atoms with van der Waals surface area (Å²) in [4.78, 5) is 26.9. The Labute approximate surface area is 113 Å². The minimum Gasteiger partial charge on any atom is -0.480 e. The van der Waals surface area contributed by atoms with Crippen LogP contribution in [0.4, 0.5) is 4.79 Å². The van der Waals surface area contributed by atoms with Crippen LogP contribution in [0.3, 0.4) is 0 Å². The van der Waals surface area contributed by atoms with Crippen LogP contribution in [0.15, 0.2) is 0 Å². The van der Waals surface area contributed by atoms with Gasteiger partial charge < -0.3 is 20.2 Å². The Hall–Kier alpha value is -1.30. The Morgan fingerprint density at radius 3 is 2.16 bits per heavy atom. The van der Waals surface area contributed by atoms with E-state index in [2.05, 4.69) is 5.32 Å². The second-order valence-electron chi connectivity index (χ2n) is 5.30. The molecule has 2 rings (SSSR count). The van der Waals surface area contributed by atoms with Crippen LogP contribution in [-0.2, 0) is 4.79 Å². The molecule has 1 saturated carbocycles. The molecule has 0 bridgehead atoms. The van der Waals surface area contributed by atoms with Crippen LogP contribution in [0.1, 0.15) is 32.6 Å². The van der Waals surface area contributed by atoms with Crippen molar-refractivity contribution in [3.05, 3.63) is 0 Å². The highest BCUT2D eigenvalue weighted by Gasteiger charge is 2.37. The molecule has 19 heavy (non-hydrogen) atoms. The summed E-state index contributed by atoms with van der Waals surface area (Å²) >= 11 is 0. The van der Waals surface area contributed by atoms with E-state index in [9.17, 15) is 9.59 Å². The Balaban J connectivity index is 2.02. The van der Waals surface area contributed by atoms with Gasteiger partial charge in [0.1, 0.15) is 6.54 Å². The number of hydrogen-bond acceptors (Lipinski definition) is 3. The van der Waals surface area contributed by atoms with Crippen molar-refractivity contribution in [2.45, 2.75) is 44.7 Å². The summed E-state index contributed by atoms with van der Waals surface area (Å²) < 4.78 is 0. The first kappa shape index (κ1) is 14.1. The van der Waals surface area contributed by atoms with Crippen molar-refractivity contribution in [3.8, 4) is 0 Å². The lowest BCUT2D eigenvalue weighted by atomic mass is 10.1. The number of hydrogen-bond donors (Lipinski definition) is 2. The molecule has 108 valence electrons. The molecule has 6 heteroatoms. The number of piperidine rings is 1. The number of carboxylic acid groups (broad SMARTS) is 1. The van der Waals surface area contributed by atoms with Gasteiger partial charge in [0.15, 0.2) is 0 Å². The van der Waals surface area contributed by atoms with E-state index in [1.165, 1.54) is 4.90 Å². The quantitative estimate of drug-likeness (QED) is 0.771. The van der Waals surface area contributed by atoms with Gasteiger partial charge in [-0.05, 0) is 45.7 Å². The average Bonchev–Trinajstić information content (AvgIpc) is 3.22. The molecule has 1 saturated heterocycles. The van der Waals surface area contributed by atoms with Crippen molar-refractivity contribution in [1.82, 2.24) is 15.1 Å². The zero-order valence-corrected chi connectivity index (χ0v) is 11.5. The van der Waals surface area contributed by atoms with Gasteiger partial charge in [0, 0.05) is 18.6 Å². The van der Waals surface area contributed by atoms with Crippen LogP contribution in [-0.4, -0.2) is 65.2 Å². The number of amides is 2. The van der Waals surface area contributed by atoms with Crippen molar-refractivity contribution in [1.29, 1.82) is 0 Å². The number of carbonyl (C=O) groups is 2. The number of aliphatic carboxylic acids is 1. The Morgan fingerprint density at radius 2 is 1.68 bits per heavy atom. The highest BCUT2D eigenvalue weighted by atomic mass is 16.4. The molecule has 1 aliphatic carbocycles. The number of urea groups is 1. The van der Waals surface area contributed by atoms with Crippen LogP contribution < -0.4 is 5.32 Å². The minimum absolute atomic E-state index is 0.0979. The Kier molecular flexibility index (Phi) is 4.63. The molecule has 0 radical (unpaired) electrons. The number of nitrogens with one attached hydrogen (secondary N) is 1. The van der Waals surface area contributed by atoms with Gasteiger partial charge in [-0.25, -0.2) is 4.79 Å². The predicted octanol–water partition coefficient (Wildman–Crippen LogP) is 0.729. The lowest BCUT2D eigenvalue weighted by Gasteiger charge is -2.37. The molecular weight excluding hydrogens is 246 g/mol. The van der Waals surface area contributed by atoms with Crippen LogP contribution >= 0.6 is 0 Å². The van der Waals surface area contributed by atoms with Crippen molar-refractivity contribution in [2.75, 3.05) is 26.2 Å². The zero-order valence-electron chi connectivity index (χ0n) is 11.5. The molecule has 0 spiro atoms. The lowest BCUT2D eigenvalue weighted by Crippen LogP contribution is -2.52. The maximum Gasteiger partial charge on any atom is 0.323 e. The van der Waals surface area contributed by atoms with Crippen molar-refractivity contribution < 1.29 is 14.7 Å².